The van der Waals surface area contributed by atoms with Gasteiger partial charge in [-0.25, -0.2) is 4.79 Å². The zero-order valence-electron chi connectivity index (χ0n) is 14.6. The molecule has 2 aliphatic rings. The Labute approximate surface area is 149 Å². The van der Waals surface area contributed by atoms with Crippen molar-refractivity contribution in [3.05, 3.63) is 35.9 Å². The molecule has 2 fully saturated rings. The molecule has 5 nitrogen and oxygen atoms in total. The third-order valence-corrected chi connectivity index (χ3v) is 5.23. The molecular weight excluding hydrogens is 318 g/mol. The Kier molecular flexibility index (Phi) is 6.59. The van der Waals surface area contributed by atoms with E-state index in [2.05, 4.69) is 0 Å². The average molecular weight is 345 g/mol. The molecule has 1 saturated carbocycles. The summed E-state index contributed by atoms with van der Waals surface area (Å²) in [5.41, 5.74) is 0.577. The van der Waals surface area contributed by atoms with E-state index in [1.54, 1.807) is 17.2 Å². The predicted octanol–water partition coefficient (Wildman–Crippen LogP) is 3.39. The van der Waals surface area contributed by atoms with E-state index in [0.29, 0.717) is 37.1 Å². The lowest BCUT2D eigenvalue weighted by Gasteiger charge is -2.35. The maximum atomic E-state index is 12.1. The highest BCUT2D eigenvalue weighted by atomic mass is 16.7. The first-order valence-corrected chi connectivity index (χ1v) is 9.36. The molecule has 3 rings (SSSR count). The van der Waals surface area contributed by atoms with E-state index in [0.717, 1.165) is 44.8 Å². The molecule has 1 aromatic carbocycles. The van der Waals surface area contributed by atoms with Crippen LogP contribution < -0.4 is 0 Å². The number of hydrogen-bond donors (Lipinski definition) is 0. The fourth-order valence-corrected chi connectivity index (χ4v) is 3.72. The molecule has 1 aliphatic heterocycles. The Bertz CT molecular complexity index is 546. The second kappa shape index (κ2) is 9.11. The Morgan fingerprint density at radius 3 is 2.28 bits per heavy atom. The van der Waals surface area contributed by atoms with Gasteiger partial charge in [0.2, 0.25) is 0 Å². The molecule has 0 aromatic heterocycles. The highest BCUT2D eigenvalue weighted by Gasteiger charge is 2.27. The highest BCUT2D eigenvalue weighted by Crippen LogP contribution is 2.30. The van der Waals surface area contributed by atoms with E-state index < -0.39 is 0 Å². The van der Waals surface area contributed by atoms with Crippen molar-refractivity contribution in [1.82, 2.24) is 5.06 Å². The number of benzene rings is 1. The summed E-state index contributed by atoms with van der Waals surface area (Å²) in [6, 6.07) is 9.07. The number of piperidine rings is 1. The van der Waals surface area contributed by atoms with Crippen LogP contribution >= 0.6 is 0 Å². The van der Waals surface area contributed by atoms with Crippen LogP contribution in [0.4, 0.5) is 0 Å². The first-order valence-electron chi connectivity index (χ1n) is 9.36. The van der Waals surface area contributed by atoms with E-state index in [9.17, 15) is 9.59 Å². The van der Waals surface area contributed by atoms with Crippen molar-refractivity contribution in [2.75, 3.05) is 13.1 Å². The van der Waals surface area contributed by atoms with E-state index >= 15 is 0 Å². The van der Waals surface area contributed by atoms with E-state index in [1.807, 2.05) is 18.2 Å². The molecule has 1 saturated heterocycles. The van der Waals surface area contributed by atoms with Crippen LogP contribution in [0, 0.1) is 5.92 Å². The van der Waals surface area contributed by atoms with Crippen molar-refractivity contribution in [2.24, 2.45) is 5.92 Å². The lowest BCUT2D eigenvalue weighted by molar-refractivity contribution is -0.149. The van der Waals surface area contributed by atoms with Gasteiger partial charge in [-0.05, 0) is 56.6 Å². The van der Waals surface area contributed by atoms with Crippen LogP contribution in [0.3, 0.4) is 0 Å². The molecule has 0 N–H and O–H groups in total. The van der Waals surface area contributed by atoms with Crippen LogP contribution in [-0.2, 0) is 14.4 Å². The Morgan fingerprint density at radius 2 is 1.64 bits per heavy atom. The number of nitrogens with zero attached hydrogens (tertiary/aromatic N) is 1. The van der Waals surface area contributed by atoms with Crippen molar-refractivity contribution in [3.63, 3.8) is 0 Å². The van der Waals surface area contributed by atoms with Gasteiger partial charge in [0.25, 0.3) is 0 Å². The largest absolute Gasteiger partial charge is 0.375 e. The first kappa shape index (κ1) is 18.1. The van der Waals surface area contributed by atoms with Gasteiger partial charge in [-0.1, -0.05) is 18.2 Å². The summed E-state index contributed by atoms with van der Waals surface area (Å²) in [6.45, 7) is 1.42. The van der Waals surface area contributed by atoms with Gasteiger partial charge in [0.05, 0.1) is 17.8 Å². The number of rotatable bonds is 6. The summed E-state index contributed by atoms with van der Waals surface area (Å²) >= 11 is 0. The van der Waals surface area contributed by atoms with Crippen LogP contribution in [0.25, 0.3) is 0 Å². The lowest BCUT2D eigenvalue weighted by atomic mass is 9.85. The van der Waals surface area contributed by atoms with Crippen molar-refractivity contribution >= 4 is 12.3 Å². The van der Waals surface area contributed by atoms with Gasteiger partial charge in [-0.3, -0.25) is 0 Å². The number of hydrogen-bond acceptors (Lipinski definition) is 5. The summed E-state index contributed by atoms with van der Waals surface area (Å²) < 4.78 is 6.24. The van der Waals surface area contributed by atoms with E-state index in [4.69, 9.17) is 9.57 Å². The highest BCUT2D eigenvalue weighted by molar-refractivity contribution is 5.89. The molecule has 0 radical (unpaired) electrons. The van der Waals surface area contributed by atoms with Crippen LogP contribution in [0.1, 0.15) is 55.3 Å². The number of carbonyl (C=O) groups excluding carboxylic acids is 2. The normalized spacial score (nSPS) is 25.4. The maximum Gasteiger partial charge on any atom is 0.357 e. The van der Waals surface area contributed by atoms with Crippen molar-refractivity contribution in [3.8, 4) is 0 Å². The Hall–Kier alpha value is -1.72. The predicted molar refractivity (Wildman–Crippen MR) is 94.0 cm³/mol. The number of aldehydes is 1. The minimum atomic E-state index is -0.298. The van der Waals surface area contributed by atoms with E-state index in [1.165, 1.54) is 0 Å². The third-order valence-electron chi connectivity index (χ3n) is 5.23. The molecule has 0 amide bonds. The number of ether oxygens (including phenoxy) is 1. The SMILES string of the molecule is O=CC[C@H]1CC[C@H](OC2CCN(OC(=O)c3ccccc3)CC2)CC1. The topological polar surface area (TPSA) is 55.8 Å². The smallest absolute Gasteiger partial charge is 0.357 e. The van der Waals surface area contributed by atoms with Crippen LogP contribution in [0.2, 0.25) is 0 Å². The molecule has 0 unspecified atom stereocenters. The van der Waals surface area contributed by atoms with E-state index in [-0.39, 0.29) is 12.1 Å². The fourth-order valence-electron chi connectivity index (χ4n) is 3.72. The van der Waals surface area contributed by atoms with Crippen LogP contribution in [0.15, 0.2) is 30.3 Å². The minimum absolute atomic E-state index is 0.249. The van der Waals surface area contributed by atoms with Gasteiger partial charge < -0.3 is 14.4 Å². The van der Waals surface area contributed by atoms with Crippen LogP contribution in [-0.4, -0.2) is 42.6 Å². The molecule has 0 atom stereocenters. The summed E-state index contributed by atoms with van der Waals surface area (Å²) in [5, 5.41) is 1.75. The fraction of sp³-hybridized carbons (Fsp3) is 0.600. The first-order chi connectivity index (χ1) is 12.2. The molecule has 25 heavy (non-hydrogen) atoms. The maximum absolute atomic E-state index is 12.1. The van der Waals surface area contributed by atoms with Crippen molar-refractivity contribution in [2.45, 2.75) is 57.2 Å². The molecule has 1 aliphatic carbocycles. The zero-order chi connectivity index (χ0) is 17.5. The molecule has 1 aromatic rings. The van der Waals surface area contributed by atoms with Crippen molar-refractivity contribution in [1.29, 1.82) is 0 Å². The lowest BCUT2D eigenvalue weighted by Crippen LogP contribution is -2.40. The molecule has 136 valence electrons. The van der Waals surface area contributed by atoms with Gasteiger partial charge in [0, 0.05) is 19.5 Å². The third kappa shape index (κ3) is 5.38. The molecule has 0 spiro atoms. The second-order valence-corrected chi connectivity index (χ2v) is 7.05. The Balaban J connectivity index is 1.36. The monoisotopic (exact) mass is 345 g/mol. The van der Waals surface area contributed by atoms with Crippen molar-refractivity contribution < 1.29 is 19.2 Å². The standard InChI is InChI=1S/C20H27NO4/c22-15-12-16-6-8-18(9-7-16)24-19-10-13-21(14-11-19)25-20(23)17-4-2-1-3-5-17/h1-5,15-16,18-19H,6-14H2/t16-,18-. The summed E-state index contributed by atoms with van der Waals surface area (Å²) in [5.74, 6) is 0.255. The summed E-state index contributed by atoms with van der Waals surface area (Å²) in [4.78, 5) is 28.1. The Morgan fingerprint density at radius 1 is 1.00 bits per heavy atom. The summed E-state index contributed by atoms with van der Waals surface area (Å²) in [6.07, 6.45) is 8.38. The molecule has 1 heterocycles. The molecule has 5 heteroatoms. The average Bonchev–Trinajstić information content (AvgIpc) is 2.66. The minimum Gasteiger partial charge on any atom is -0.375 e. The molecular formula is C20H27NO4. The van der Waals surface area contributed by atoms with Gasteiger partial charge in [0.15, 0.2) is 0 Å². The quantitative estimate of drug-likeness (QED) is 0.740. The van der Waals surface area contributed by atoms with Gasteiger partial charge in [-0.2, -0.15) is 0 Å². The van der Waals surface area contributed by atoms with Gasteiger partial charge >= 0.3 is 5.97 Å². The van der Waals surface area contributed by atoms with Crippen LogP contribution in [0.5, 0.6) is 0 Å². The molecule has 0 bridgehead atoms. The number of carbonyl (C=O) groups is 2. The van der Waals surface area contributed by atoms with Gasteiger partial charge in [0.1, 0.15) is 6.29 Å². The summed E-state index contributed by atoms with van der Waals surface area (Å²) in [7, 11) is 0. The number of hydroxylamine groups is 2. The second-order valence-electron chi connectivity index (χ2n) is 7.05. The van der Waals surface area contributed by atoms with Gasteiger partial charge in [-0.15, -0.1) is 5.06 Å². The zero-order valence-corrected chi connectivity index (χ0v) is 14.6.